The number of imidazole rings is 1. The molecule has 0 amide bonds. The molecule has 0 aliphatic carbocycles. The van der Waals surface area contributed by atoms with E-state index in [0.29, 0.717) is 20.9 Å². The van der Waals surface area contributed by atoms with E-state index >= 15 is 0 Å². The second-order valence-corrected chi connectivity index (χ2v) is 7.00. The van der Waals surface area contributed by atoms with Crippen LogP contribution in [-0.4, -0.2) is 20.5 Å². The smallest absolute Gasteiger partial charge is 0.178 e. The highest BCUT2D eigenvalue weighted by molar-refractivity contribution is 7.71. The van der Waals surface area contributed by atoms with Gasteiger partial charge in [-0.25, -0.2) is 0 Å². The van der Waals surface area contributed by atoms with E-state index in [1.165, 1.54) is 5.57 Å². The number of aromatic nitrogens is 2. The van der Waals surface area contributed by atoms with Gasteiger partial charge in [0.15, 0.2) is 4.77 Å². The van der Waals surface area contributed by atoms with E-state index in [4.69, 9.17) is 35.4 Å². The molecule has 0 saturated heterocycles. The average Bonchev–Trinajstić information content (AvgIpc) is 2.65. The van der Waals surface area contributed by atoms with Gasteiger partial charge in [0.25, 0.3) is 0 Å². The zero-order chi connectivity index (χ0) is 15.3. The molecule has 6 heteroatoms. The molecule has 1 N–H and O–H groups in total. The lowest BCUT2D eigenvalue weighted by molar-refractivity contribution is 0.267. The molecular weight excluding hydrogens is 325 g/mol. The van der Waals surface area contributed by atoms with E-state index in [0.717, 1.165) is 29.7 Å². The van der Waals surface area contributed by atoms with Crippen molar-refractivity contribution >= 4 is 46.5 Å². The van der Waals surface area contributed by atoms with Crippen LogP contribution in [0.5, 0.6) is 0 Å². The van der Waals surface area contributed by atoms with E-state index in [9.17, 15) is 0 Å². The number of aromatic amines is 1. The minimum atomic E-state index is 0.343. The molecule has 0 radical (unpaired) electrons. The summed E-state index contributed by atoms with van der Waals surface area (Å²) in [5, 5.41) is 1.11. The molecular formula is C15H17Cl2N3S. The standard InChI is InChI=1S/C15H17Cl2N3S/c1-8(2)5-19-7-10-4-11(16)12(17)13-14(10)20(6-9(19)3)15(21)18-13/h4-5,9H,6-7H2,1-3H3,(H,18,21)/t9-/m0/s1. The molecule has 1 atom stereocenters. The fourth-order valence-corrected chi connectivity index (χ4v) is 3.57. The molecule has 1 aliphatic heterocycles. The van der Waals surface area contributed by atoms with Gasteiger partial charge in [-0.15, -0.1) is 0 Å². The number of benzene rings is 1. The second kappa shape index (κ2) is 5.34. The van der Waals surface area contributed by atoms with E-state index in [1.54, 1.807) is 0 Å². The van der Waals surface area contributed by atoms with Gasteiger partial charge >= 0.3 is 0 Å². The van der Waals surface area contributed by atoms with Gasteiger partial charge in [0.05, 0.1) is 21.1 Å². The van der Waals surface area contributed by atoms with Crippen LogP contribution in [0.2, 0.25) is 10.0 Å². The number of hydrogen-bond donors (Lipinski definition) is 1. The molecule has 3 nitrogen and oxygen atoms in total. The summed E-state index contributed by atoms with van der Waals surface area (Å²) in [6, 6.07) is 2.30. The maximum absolute atomic E-state index is 6.33. The zero-order valence-corrected chi connectivity index (χ0v) is 14.5. The normalized spacial score (nSPS) is 18.0. The Labute approximate surface area is 139 Å². The summed E-state index contributed by atoms with van der Waals surface area (Å²) in [6.07, 6.45) is 2.19. The van der Waals surface area contributed by atoms with Crippen LogP contribution in [0.15, 0.2) is 17.8 Å². The molecule has 0 bridgehead atoms. The van der Waals surface area contributed by atoms with Crippen LogP contribution in [0.25, 0.3) is 11.0 Å². The maximum atomic E-state index is 6.33. The molecule has 1 aromatic carbocycles. The highest BCUT2D eigenvalue weighted by Crippen LogP contribution is 2.35. The molecule has 0 saturated carbocycles. The lowest BCUT2D eigenvalue weighted by atomic mass is 10.1. The molecule has 1 aromatic heterocycles. The lowest BCUT2D eigenvalue weighted by Gasteiger charge is -2.26. The molecule has 2 aromatic rings. The van der Waals surface area contributed by atoms with Crippen molar-refractivity contribution in [2.45, 2.75) is 39.9 Å². The third kappa shape index (κ3) is 2.50. The van der Waals surface area contributed by atoms with Crippen molar-refractivity contribution in [3.8, 4) is 0 Å². The van der Waals surface area contributed by atoms with Gasteiger partial charge < -0.3 is 14.5 Å². The fraction of sp³-hybridized carbons (Fsp3) is 0.400. The first-order valence-electron chi connectivity index (χ1n) is 6.88. The Hall–Kier alpha value is -0.970. The number of nitrogens with one attached hydrogen (secondary N) is 1. The monoisotopic (exact) mass is 341 g/mol. The fourth-order valence-electron chi connectivity index (χ4n) is 2.89. The predicted molar refractivity (Wildman–Crippen MR) is 91.6 cm³/mol. The van der Waals surface area contributed by atoms with Gasteiger partial charge in [0, 0.05) is 19.1 Å². The van der Waals surface area contributed by atoms with E-state index in [2.05, 4.69) is 41.4 Å². The summed E-state index contributed by atoms with van der Waals surface area (Å²) in [5.74, 6) is 0. The van der Waals surface area contributed by atoms with Gasteiger partial charge in [-0.1, -0.05) is 28.8 Å². The predicted octanol–water partition coefficient (Wildman–Crippen LogP) is 5.13. The number of allylic oxidation sites excluding steroid dienone is 1. The third-order valence-electron chi connectivity index (χ3n) is 3.81. The Bertz CT molecular complexity index is 799. The third-order valence-corrected chi connectivity index (χ3v) is 4.92. The Morgan fingerprint density at radius 2 is 2.14 bits per heavy atom. The Balaban J connectivity index is 2.27. The lowest BCUT2D eigenvalue weighted by Crippen LogP contribution is -2.29. The van der Waals surface area contributed by atoms with E-state index in [-0.39, 0.29) is 0 Å². The van der Waals surface area contributed by atoms with Crippen molar-refractivity contribution in [2.24, 2.45) is 0 Å². The summed E-state index contributed by atoms with van der Waals surface area (Å²) >= 11 is 18.1. The summed E-state index contributed by atoms with van der Waals surface area (Å²) in [6.45, 7) is 8.04. The number of nitrogens with zero attached hydrogens (tertiary/aromatic N) is 2. The van der Waals surface area contributed by atoms with Crippen LogP contribution >= 0.6 is 35.4 Å². The summed E-state index contributed by atoms with van der Waals surface area (Å²) < 4.78 is 2.83. The van der Waals surface area contributed by atoms with Crippen LogP contribution in [-0.2, 0) is 13.1 Å². The van der Waals surface area contributed by atoms with Crippen molar-refractivity contribution in [3.05, 3.63) is 38.2 Å². The SMILES string of the molecule is CC(C)=CN1Cc2cc(Cl)c(Cl)c3[nH]c(=S)n(c23)C[C@@H]1C. The Kier molecular flexibility index (Phi) is 3.80. The molecule has 1 aliphatic rings. The summed E-state index contributed by atoms with van der Waals surface area (Å²) in [4.78, 5) is 5.53. The first kappa shape index (κ1) is 14.9. The number of halogens is 2. The summed E-state index contributed by atoms with van der Waals surface area (Å²) in [7, 11) is 0. The van der Waals surface area contributed by atoms with Crippen molar-refractivity contribution in [1.82, 2.24) is 14.5 Å². The van der Waals surface area contributed by atoms with E-state index < -0.39 is 0 Å². The highest BCUT2D eigenvalue weighted by atomic mass is 35.5. The largest absolute Gasteiger partial charge is 0.369 e. The zero-order valence-electron chi connectivity index (χ0n) is 12.2. The van der Waals surface area contributed by atoms with Crippen molar-refractivity contribution in [2.75, 3.05) is 0 Å². The molecule has 21 heavy (non-hydrogen) atoms. The first-order valence-corrected chi connectivity index (χ1v) is 8.05. The van der Waals surface area contributed by atoms with Crippen LogP contribution in [0.3, 0.4) is 0 Å². The quantitative estimate of drug-likeness (QED) is 0.726. The molecule has 112 valence electrons. The van der Waals surface area contributed by atoms with Crippen molar-refractivity contribution < 1.29 is 0 Å². The molecule has 3 rings (SSSR count). The van der Waals surface area contributed by atoms with Gasteiger partial charge in [-0.2, -0.15) is 0 Å². The maximum Gasteiger partial charge on any atom is 0.178 e. The van der Waals surface area contributed by atoms with Crippen LogP contribution in [0.1, 0.15) is 26.3 Å². The molecule has 0 fully saturated rings. The first-order chi connectivity index (χ1) is 9.88. The highest BCUT2D eigenvalue weighted by Gasteiger charge is 2.23. The molecule has 2 heterocycles. The van der Waals surface area contributed by atoms with Gasteiger partial charge in [0.2, 0.25) is 0 Å². The minimum absolute atomic E-state index is 0.343. The van der Waals surface area contributed by atoms with Crippen molar-refractivity contribution in [1.29, 1.82) is 0 Å². The number of rotatable bonds is 1. The minimum Gasteiger partial charge on any atom is -0.369 e. The van der Waals surface area contributed by atoms with Crippen LogP contribution in [0, 0.1) is 4.77 Å². The van der Waals surface area contributed by atoms with Crippen molar-refractivity contribution in [3.63, 3.8) is 0 Å². The summed E-state index contributed by atoms with van der Waals surface area (Å²) in [5.41, 5.74) is 4.34. The topological polar surface area (TPSA) is 24.0 Å². The average molecular weight is 342 g/mol. The van der Waals surface area contributed by atoms with Crippen LogP contribution < -0.4 is 0 Å². The number of hydrogen-bond acceptors (Lipinski definition) is 2. The number of H-pyrrole nitrogens is 1. The molecule has 0 unspecified atom stereocenters. The van der Waals surface area contributed by atoms with Gasteiger partial charge in [-0.3, -0.25) is 0 Å². The molecule has 0 spiro atoms. The van der Waals surface area contributed by atoms with Crippen LogP contribution in [0.4, 0.5) is 0 Å². The second-order valence-electron chi connectivity index (χ2n) is 5.82. The van der Waals surface area contributed by atoms with Gasteiger partial charge in [-0.05, 0) is 50.8 Å². The Morgan fingerprint density at radius 1 is 1.43 bits per heavy atom. The van der Waals surface area contributed by atoms with Gasteiger partial charge in [0.1, 0.15) is 0 Å². The Morgan fingerprint density at radius 3 is 2.81 bits per heavy atom. The van der Waals surface area contributed by atoms with E-state index in [1.807, 2.05) is 6.07 Å².